The van der Waals surface area contributed by atoms with Crippen LogP contribution in [0.4, 0.5) is 0 Å². The maximum absolute atomic E-state index is 13.3. The van der Waals surface area contributed by atoms with Gasteiger partial charge >= 0.3 is 0 Å². The van der Waals surface area contributed by atoms with E-state index in [9.17, 15) is 18.0 Å². The van der Waals surface area contributed by atoms with Crippen LogP contribution in [0.3, 0.4) is 0 Å². The first-order valence-corrected chi connectivity index (χ1v) is 13.0. The van der Waals surface area contributed by atoms with Gasteiger partial charge < -0.3 is 4.57 Å². The normalized spacial score (nSPS) is 15.6. The van der Waals surface area contributed by atoms with Crippen molar-refractivity contribution in [2.45, 2.75) is 62.6 Å². The van der Waals surface area contributed by atoms with Crippen molar-refractivity contribution in [3.8, 4) is 0 Å². The highest BCUT2D eigenvalue weighted by Crippen LogP contribution is 2.40. The maximum Gasteiger partial charge on any atom is 0.216 e. The van der Waals surface area contributed by atoms with Crippen LogP contribution in [0.15, 0.2) is 50.9 Å². The molecule has 7 heteroatoms. The first kappa shape index (κ1) is 22.7. The average Bonchev–Trinajstić information content (AvgIpc) is 3.32. The number of aromatic nitrogens is 1. The Morgan fingerprint density at radius 2 is 1.84 bits per heavy atom. The summed E-state index contributed by atoms with van der Waals surface area (Å²) in [5.74, 6) is 0.0872. The van der Waals surface area contributed by atoms with E-state index in [-0.39, 0.29) is 28.4 Å². The van der Waals surface area contributed by atoms with Crippen molar-refractivity contribution < 1.29 is 18.0 Å². The van der Waals surface area contributed by atoms with Gasteiger partial charge in [-0.1, -0.05) is 38.1 Å². The van der Waals surface area contributed by atoms with E-state index in [2.05, 4.69) is 13.8 Å². The van der Waals surface area contributed by atoms with Gasteiger partial charge in [0.2, 0.25) is 9.84 Å². The van der Waals surface area contributed by atoms with E-state index in [1.165, 1.54) is 11.3 Å². The number of nitrogens with zero attached hydrogens (tertiary/aromatic N) is 1. The molecule has 32 heavy (non-hydrogen) atoms. The largest absolute Gasteiger partial charge is 0.341 e. The van der Waals surface area contributed by atoms with Crippen LogP contribution in [-0.2, 0) is 34.0 Å². The van der Waals surface area contributed by atoms with Gasteiger partial charge in [-0.3, -0.25) is 9.59 Å². The van der Waals surface area contributed by atoms with Gasteiger partial charge in [-0.2, -0.15) is 0 Å². The number of rotatable bonds is 6. The summed E-state index contributed by atoms with van der Waals surface area (Å²) in [5, 5.41) is 1.75. The lowest BCUT2D eigenvalue weighted by Crippen LogP contribution is -2.29. The van der Waals surface area contributed by atoms with Gasteiger partial charge in [0.1, 0.15) is 9.99 Å². The van der Waals surface area contributed by atoms with Crippen LogP contribution in [0, 0.1) is 12.3 Å². The fourth-order valence-corrected chi connectivity index (χ4v) is 7.30. The fraction of sp³-hybridized carbons (Fsp3) is 0.360. The third-order valence-corrected chi connectivity index (χ3v) is 9.34. The molecule has 0 aliphatic heterocycles. The number of hydrogen-bond donors (Lipinski definition) is 0. The van der Waals surface area contributed by atoms with E-state index >= 15 is 0 Å². The van der Waals surface area contributed by atoms with Gasteiger partial charge in [0.25, 0.3) is 0 Å². The molecule has 0 amide bonds. The first-order chi connectivity index (χ1) is 15.0. The lowest BCUT2D eigenvalue weighted by atomic mass is 9.75. The van der Waals surface area contributed by atoms with Crippen molar-refractivity contribution in [1.82, 2.24) is 4.57 Å². The Kier molecular flexibility index (Phi) is 5.75. The summed E-state index contributed by atoms with van der Waals surface area (Å²) in [5.41, 5.74) is 3.74. The molecule has 4 rings (SSSR count). The van der Waals surface area contributed by atoms with Crippen LogP contribution in [0.5, 0.6) is 0 Å². The topological polar surface area (TPSA) is 73.2 Å². The van der Waals surface area contributed by atoms with Crippen molar-refractivity contribution >= 4 is 32.7 Å². The Hall–Kier alpha value is -2.51. The summed E-state index contributed by atoms with van der Waals surface area (Å²) in [7, 11) is -3.65. The first-order valence-electron chi connectivity index (χ1n) is 10.6. The van der Waals surface area contributed by atoms with Crippen LogP contribution in [0.25, 0.3) is 0 Å². The molecule has 3 aromatic rings. The van der Waals surface area contributed by atoms with Crippen molar-refractivity contribution in [3.05, 3.63) is 69.9 Å². The molecule has 0 saturated heterocycles. The lowest BCUT2D eigenvalue weighted by Gasteiger charge is -2.30. The van der Waals surface area contributed by atoms with Crippen LogP contribution in [0.1, 0.15) is 60.1 Å². The van der Waals surface area contributed by atoms with Gasteiger partial charge in [-0.15, -0.1) is 11.3 Å². The zero-order valence-corrected chi connectivity index (χ0v) is 20.4. The molecule has 1 aromatic carbocycles. The van der Waals surface area contributed by atoms with E-state index in [0.717, 1.165) is 17.0 Å². The van der Waals surface area contributed by atoms with E-state index in [1.807, 2.05) is 23.6 Å². The summed E-state index contributed by atoms with van der Waals surface area (Å²) < 4.78 is 28.8. The van der Waals surface area contributed by atoms with E-state index in [4.69, 9.17) is 0 Å². The average molecular weight is 470 g/mol. The summed E-state index contributed by atoms with van der Waals surface area (Å²) in [6, 6.07) is 10.3. The standard InChI is InChI=1S/C25H27NO4S2/c1-16(27)15-26-17(2)19(24-20(26)13-25(3,4)14-21(24)28)12-18-8-5-6-9-22(18)32(29,30)23-10-7-11-31-23/h5-11H,12-15H2,1-4H3. The molecular formula is C25H27NO4S2. The summed E-state index contributed by atoms with van der Waals surface area (Å²) in [4.78, 5) is 25.5. The Balaban J connectivity index is 1.87. The van der Waals surface area contributed by atoms with Gasteiger partial charge in [0, 0.05) is 29.8 Å². The van der Waals surface area contributed by atoms with Gasteiger partial charge in [0.05, 0.1) is 11.4 Å². The molecule has 0 unspecified atom stereocenters. The van der Waals surface area contributed by atoms with Gasteiger partial charge in [-0.05, 0) is 54.3 Å². The number of Topliss-reactive ketones (excluding diaryl/α,β-unsaturated/α-hetero) is 2. The molecule has 2 heterocycles. The number of ketones is 2. The highest BCUT2D eigenvalue weighted by molar-refractivity contribution is 7.93. The third-order valence-electron chi connectivity index (χ3n) is 6.09. The third kappa shape index (κ3) is 3.99. The minimum atomic E-state index is -3.65. The minimum absolute atomic E-state index is 0.0222. The minimum Gasteiger partial charge on any atom is -0.341 e. The summed E-state index contributed by atoms with van der Waals surface area (Å²) >= 11 is 1.19. The van der Waals surface area contributed by atoms with Gasteiger partial charge in [0.15, 0.2) is 5.78 Å². The maximum atomic E-state index is 13.3. The highest BCUT2D eigenvalue weighted by Gasteiger charge is 2.37. The van der Waals surface area contributed by atoms with Crippen LogP contribution >= 0.6 is 11.3 Å². The SMILES string of the molecule is CC(=O)Cn1c(C)c(Cc2ccccc2S(=O)(=O)c2cccs2)c2c1CC(C)(C)CC2=O. The molecule has 0 N–H and O–H groups in total. The zero-order valence-electron chi connectivity index (χ0n) is 18.8. The number of hydrogen-bond acceptors (Lipinski definition) is 5. The number of carbonyl (C=O) groups is 2. The summed E-state index contributed by atoms with van der Waals surface area (Å²) in [6.07, 6.45) is 1.47. The number of carbonyl (C=O) groups excluding carboxylic acids is 2. The Morgan fingerprint density at radius 3 is 2.50 bits per heavy atom. The highest BCUT2D eigenvalue weighted by atomic mass is 32.2. The van der Waals surface area contributed by atoms with E-state index in [1.54, 1.807) is 36.6 Å². The zero-order chi connectivity index (χ0) is 23.3. The van der Waals surface area contributed by atoms with Crippen LogP contribution in [0.2, 0.25) is 0 Å². The predicted octanol–water partition coefficient (Wildman–Crippen LogP) is 5.03. The molecule has 1 aliphatic carbocycles. The molecule has 1 aliphatic rings. The second-order valence-corrected chi connectivity index (χ2v) is 12.4. The van der Waals surface area contributed by atoms with Crippen LogP contribution < -0.4 is 0 Å². The Labute approximate surface area is 193 Å². The number of sulfone groups is 1. The predicted molar refractivity (Wildman–Crippen MR) is 125 cm³/mol. The molecule has 2 aromatic heterocycles. The molecule has 0 atom stereocenters. The van der Waals surface area contributed by atoms with Crippen molar-refractivity contribution in [2.24, 2.45) is 5.41 Å². The lowest BCUT2D eigenvalue weighted by molar-refractivity contribution is -0.117. The Bertz CT molecular complexity index is 1310. The van der Waals surface area contributed by atoms with Crippen molar-refractivity contribution in [3.63, 3.8) is 0 Å². The number of benzene rings is 1. The van der Waals surface area contributed by atoms with Crippen molar-refractivity contribution in [1.29, 1.82) is 0 Å². The van der Waals surface area contributed by atoms with E-state index in [0.29, 0.717) is 34.6 Å². The molecule has 5 nitrogen and oxygen atoms in total. The molecule has 0 bridgehead atoms. The van der Waals surface area contributed by atoms with Gasteiger partial charge in [-0.25, -0.2) is 8.42 Å². The molecular weight excluding hydrogens is 442 g/mol. The van der Waals surface area contributed by atoms with Crippen molar-refractivity contribution in [2.75, 3.05) is 0 Å². The van der Waals surface area contributed by atoms with E-state index < -0.39 is 9.84 Å². The Morgan fingerprint density at radius 1 is 1.12 bits per heavy atom. The molecule has 0 spiro atoms. The quantitative estimate of drug-likeness (QED) is 0.508. The number of thiophene rings is 1. The smallest absolute Gasteiger partial charge is 0.216 e. The second kappa shape index (κ2) is 8.12. The molecule has 0 radical (unpaired) electrons. The monoisotopic (exact) mass is 469 g/mol. The molecule has 0 saturated carbocycles. The number of fused-ring (bicyclic) bond motifs is 1. The second-order valence-electron chi connectivity index (χ2n) is 9.33. The molecule has 168 valence electrons. The molecule has 0 fully saturated rings. The van der Waals surface area contributed by atoms with Crippen LogP contribution in [-0.4, -0.2) is 24.6 Å². The summed E-state index contributed by atoms with van der Waals surface area (Å²) in [6.45, 7) is 7.82. The fourth-order valence-electron chi connectivity index (χ4n) is 4.69.